The third-order valence-corrected chi connectivity index (χ3v) is 5.48. The zero-order chi connectivity index (χ0) is 21.6. The van der Waals surface area contributed by atoms with Gasteiger partial charge in [0.15, 0.2) is 4.80 Å². The maximum Gasteiger partial charge on any atom is 0.230 e. The number of nitrogens with one attached hydrogen (secondary N) is 1. The molecule has 7 heteroatoms. The van der Waals surface area contributed by atoms with Gasteiger partial charge in [0, 0.05) is 23.8 Å². The maximum absolute atomic E-state index is 13.4. The fourth-order valence-corrected chi connectivity index (χ4v) is 3.84. The maximum atomic E-state index is 13.4. The number of amides is 1. The highest BCUT2D eigenvalue weighted by molar-refractivity contribution is 7.07. The summed E-state index contributed by atoms with van der Waals surface area (Å²) >= 11 is 1.41. The Morgan fingerprint density at radius 3 is 2.52 bits per heavy atom. The molecule has 1 aromatic heterocycles. The average molecular weight is 434 g/mol. The van der Waals surface area contributed by atoms with E-state index in [0.717, 1.165) is 11.4 Å². The van der Waals surface area contributed by atoms with E-state index in [-0.39, 0.29) is 18.1 Å². The molecule has 1 heterocycles. The minimum Gasteiger partial charge on any atom is -0.457 e. The average Bonchev–Trinajstić information content (AvgIpc) is 3.09. The molecule has 0 aliphatic carbocycles. The Balaban J connectivity index is 1.39. The summed E-state index contributed by atoms with van der Waals surface area (Å²) in [5.74, 6) is 0.975. The van der Waals surface area contributed by atoms with E-state index in [4.69, 9.17) is 4.74 Å². The molecular formula is C24H20FN3O2S. The summed E-state index contributed by atoms with van der Waals surface area (Å²) in [5.41, 5.74) is 2.04. The molecule has 5 nitrogen and oxygen atoms in total. The molecule has 0 saturated heterocycles. The van der Waals surface area contributed by atoms with Crippen LogP contribution in [0, 0.1) is 5.82 Å². The van der Waals surface area contributed by atoms with Crippen LogP contribution in [0.25, 0.3) is 0 Å². The molecule has 156 valence electrons. The molecule has 4 aromatic rings. The molecule has 0 aliphatic rings. The summed E-state index contributed by atoms with van der Waals surface area (Å²) in [6, 6.07) is 22.8. The van der Waals surface area contributed by atoms with Crippen LogP contribution < -0.4 is 14.9 Å². The monoisotopic (exact) mass is 433 g/mol. The third kappa shape index (κ3) is 5.46. The lowest BCUT2D eigenvalue weighted by atomic mass is 10.2. The molecule has 0 spiro atoms. The Hall–Kier alpha value is -3.71. The van der Waals surface area contributed by atoms with Crippen LogP contribution in [0.15, 0.2) is 89.2 Å². The first-order valence-electron chi connectivity index (χ1n) is 9.63. The molecule has 4 rings (SSSR count). The molecule has 3 aromatic carbocycles. The molecule has 31 heavy (non-hydrogen) atoms. The summed E-state index contributed by atoms with van der Waals surface area (Å²) in [7, 11) is 1.84. The van der Waals surface area contributed by atoms with Crippen molar-refractivity contribution in [3.05, 3.63) is 101 Å². The highest BCUT2D eigenvalue weighted by Gasteiger charge is 2.09. The Labute approximate surface area is 183 Å². The number of aromatic nitrogens is 1. The fraction of sp³-hybridized carbons (Fsp3) is 0.0833. The van der Waals surface area contributed by atoms with Crippen molar-refractivity contribution in [1.29, 1.82) is 0 Å². The number of thiazole rings is 1. The summed E-state index contributed by atoms with van der Waals surface area (Å²) < 4.78 is 21.0. The van der Waals surface area contributed by atoms with Crippen molar-refractivity contribution in [2.45, 2.75) is 6.42 Å². The van der Waals surface area contributed by atoms with Crippen molar-refractivity contribution in [2.24, 2.45) is 12.0 Å². The molecular weight excluding hydrogens is 413 g/mol. The quantitative estimate of drug-likeness (QED) is 0.441. The largest absolute Gasteiger partial charge is 0.457 e. The zero-order valence-corrected chi connectivity index (χ0v) is 17.6. The first kappa shape index (κ1) is 20.6. The zero-order valence-electron chi connectivity index (χ0n) is 16.8. The number of benzene rings is 3. The third-order valence-electron chi connectivity index (χ3n) is 4.51. The Morgan fingerprint density at radius 1 is 1.03 bits per heavy atom. The molecule has 0 bridgehead atoms. The summed E-state index contributed by atoms with van der Waals surface area (Å²) in [6.45, 7) is 0. The van der Waals surface area contributed by atoms with Crippen molar-refractivity contribution >= 4 is 28.6 Å². The van der Waals surface area contributed by atoms with Crippen LogP contribution in [-0.4, -0.2) is 10.5 Å². The van der Waals surface area contributed by atoms with Gasteiger partial charge in [-0.3, -0.25) is 4.79 Å². The Kier molecular flexibility index (Phi) is 6.24. The number of anilines is 1. The van der Waals surface area contributed by atoms with Gasteiger partial charge in [-0.1, -0.05) is 24.3 Å². The lowest BCUT2D eigenvalue weighted by Gasteiger charge is -2.08. The van der Waals surface area contributed by atoms with E-state index in [1.807, 2.05) is 59.5 Å². The van der Waals surface area contributed by atoms with Gasteiger partial charge in [-0.25, -0.2) is 9.38 Å². The second-order valence-electron chi connectivity index (χ2n) is 6.82. The molecule has 0 fully saturated rings. The molecule has 1 amide bonds. The van der Waals surface area contributed by atoms with Gasteiger partial charge in [0.05, 0.1) is 12.1 Å². The minimum atomic E-state index is -0.333. The number of carbonyl (C=O) groups excluding carboxylic acids is 1. The van der Waals surface area contributed by atoms with Crippen LogP contribution in [0.1, 0.15) is 5.69 Å². The lowest BCUT2D eigenvalue weighted by Crippen LogP contribution is -2.19. The number of nitrogens with zero attached hydrogens (tertiary/aromatic N) is 2. The number of para-hydroxylation sites is 1. The highest BCUT2D eigenvalue weighted by atomic mass is 32.1. The smallest absolute Gasteiger partial charge is 0.230 e. The van der Waals surface area contributed by atoms with E-state index in [1.165, 1.54) is 23.5 Å². The molecule has 0 radical (unpaired) electrons. The topological polar surface area (TPSA) is 55.6 Å². The second-order valence-corrected chi connectivity index (χ2v) is 7.66. The van der Waals surface area contributed by atoms with Gasteiger partial charge < -0.3 is 14.6 Å². The first-order valence-corrected chi connectivity index (χ1v) is 10.5. The van der Waals surface area contributed by atoms with Gasteiger partial charge in [0.2, 0.25) is 5.91 Å². The van der Waals surface area contributed by atoms with Gasteiger partial charge in [0.25, 0.3) is 0 Å². The van der Waals surface area contributed by atoms with Crippen LogP contribution in [0.2, 0.25) is 0 Å². The van der Waals surface area contributed by atoms with Crippen molar-refractivity contribution in [2.75, 3.05) is 5.32 Å². The van der Waals surface area contributed by atoms with Crippen molar-refractivity contribution in [3.63, 3.8) is 0 Å². The van der Waals surface area contributed by atoms with Crippen LogP contribution in [-0.2, 0) is 18.3 Å². The number of hydrogen-bond acceptors (Lipinski definition) is 4. The first-order chi connectivity index (χ1) is 15.1. The predicted octanol–water partition coefficient (Wildman–Crippen LogP) is 5.43. The Bertz CT molecular complexity index is 1250. The predicted molar refractivity (Wildman–Crippen MR) is 120 cm³/mol. The molecule has 1 N–H and O–H groups in total. The highest BCUT2D eigenvalue weighted by Crippen LogP contribution is 2.22. The lowest BCUT2D eigenvalue weighted by molar-refractivity contribution is -0.115. The Morgan fingerprint density at radius 2 is 1.77 bits per heavy atom. The van der Waals surface area contributed by atoms with Gasteiger partial charge in [-0.05, 0) is 54.6 Å². The SMILES string of the molecule is Cn1c(CC(=O)Nc2ccc(Oc3ccccc3)cc2)csc1=Nc1cccc(F)c1. The van der Waals surface area contributed by atoms with Gasteiger partial charge in [-0.2, -0.15) is 0 Å². The van der Waals surface area contributed by atoms with E-state index in [2.05, 4.69) is 10.3 Å². The van der Waals surface area contributed by atoms with Crippen LogP contribution in [0.3, 0.4) is 0 Å². The normalized spacial score (nSPS) is 11.4. The summed E-state index contributed by atoms with van der Waals surface area (Å²) in [5, 5.41) is 4.78. The second kappa shape index (κ2) is 9.40. The fourth-order valence-electron chi connectivity index (χ4n) is 2.92. The molecule has 0 aliphatic heterocycles. The van der Waals surface area contributed by atoms with Crippen LogP contribution in [0.4, 0.5) is 15.8 Å². The molecule has 0 saturated carbocycles. The summed E-state index contributed by atoms with van der Waals surface area (Å²) in [6.07, 6.45) is 0.202. The van der Waals surface area contributed by atoms with E-state index in [0.29, 0.717) is 21.9 Å². The van der Waals surface area contributed by atoms with Gasteiger partial charge >= 0.3 is 0 Å². The number of ether oxygens (including phenoxy) is 1. The summed E-state index contributed by atoms with van der Waals surface area (Å²) in [4.78, 5) is 17.6. The van der Waals surface area contributed by atoms with Crippen molar-refractivity contribution in [1.82, 2.24) is 4.57 Å². The van der Waals surface area contributed by atoms with E-state index in [1.54, 1.807) is 24.3 Å². The van der Waals surface area contributed by atoms with Crippen LogP contribution >= 0.6 is 11.3 Å². The minimum absolute atomic E-state index is 0.137. The number of halogens is 1. The standard InChI is InChI=1S/C24H20FN3O2S/c1-28-20(16-31-24(28)27-19-7-5-6-17(25)14-19)15-23(29)26-18-10-12-22(13-11-18)30-21-8-3-2-4-9-21/h2-14,16H,15H2,1H3,(H,26,29). The van der Waals surface area contributed by atoms with Gasteiger partial charge in [-0.15, -0.1) is 11.3 Å². The van der Waals surface area contributed by atoms with Crippen LogP contribution in [0.5, 0.6) is 11.5 Å². The van der Waals surface area contributed by atoms with Crippen molar-refractivity contribution < 1.29 is 13.9 Å². The number of hydrogen-bond donors (Lipinski definition) is 1. The van der Waals surface area contributed by atoms with Crippen molar-refractivity contribution in [3.8, 4) is 11.5 Å². The van der Waals surface area contributed by atoms with Gasteiger partial charge in [0.1, 0.15) is 17.3 Å². The number of carbonyl (C=O) groups is 1. The van der Waals surface area contributed by atoms with E-state index in [9.17, 15) is 9.18 Å². The number of rotatable bonds is 6. The molecule has 0 atom stereocenters. The molecule has 0 unspecified atom stereocenters. The van der Waals surface area contributed by atoms with E-state index < -0.39 is 0 Å². The van der Waals surface area contributed by atoms with E-state index >= 15 is 0 Å².